The Kier molecular flexibility index (Phi) is 4.03. The standard InChI is InChI=1S/C12H13F3N2O3/c13-12(14,15)7-19-5-1-4-17-9-3-2-8(16)6-10(9)20-11(17)18/h2-3,6H,1,4-5,7,16H2. The van der Waals surface area contributed by atoms with Gasteiger partial charge in [0.25, 0.3) is 0 Å². The summed E-state index contributed by atoms with van der Waals surface area (Å²) in [6, 6.07) is 4.77. The molecule has 0 atom stereocenters. The Hall–Kier alpha value is -1.96. The Morgan fingerprint density at radius 1 is 1.35 bits per heavy atom. The van der Waals surface area contributed by atoms with Gasteiger partial charge in [0.2, 0.25) is 0 Å². The molecular weight excluding hydrogens is 277 g/mol. The van der Waals surface area contributed by atoms with Crippen LogP contribution in [0.2, 0.25) is 0 Å². The number of benzene rings is 1. The predicted octanol–water partition coefficient (Wildman–Crippen LogP) is 2.15. The third kappa shape index (κ3) is 3.53. The first-order chi connectivity index (χ1) is 9.37. The number of aromatic nitrogens is 1. The van der Waals surface area contributed by atoms with Crippen molar-refractivity contribution >= 4 is 16.8 Å². The van der Waals surface area contributed by atoms with E-state index in [0.29, 0.717) is 16.8 Å². The highest BCUT2D eigenvalue weighted by atomic mass is 19.4. The number of ether oxygens (including phenoxy) is 1. The summed E-state index contributed by atoms with van der Waals surface area (Å²) in [5.41, 5.74) is 6.94. The second kappa shape index (κ2) is 5.58. The van der Waals surface area contributed by atoms with Crippen LogP contribution in [0.25, 0.3) is 11.1 Å². The van der Waals surface area contributed by atoms with Crippen LogP contribution in [-0.2, 0) is 11.3 Å². The van der Waals surface area contributed by atoms with Crippen molar-refractivity contribution in [2.45, 2.75) is 19.1 Å². The largest absolute Gasteiger partial charge is 0.419 e. The fourth-order valence-electron chi connectivity index (χ4n) is 1.81. The first kappa shape index (κ1) is 14.4. The van der Waals surface area contributed by atoms with E-state index in [1.807, 2.05) is 0 Å². The first-order valence-corrected chi connectivity index (χ1v) is 5.90. The van der Waals surface area contributed by atoms with Crippen LogP contribution in [0.1, 0.15) is 6.42 Å². The molecule has 1 aromatic heterocycles. The summed E-state index contributed by atoms with van der Waals surface area (Å²) in [6.45, 7) is -1.16. The maximum atomic E-state index is 11.9. The summed E-state index contributed by atoms with van der Waals surface area (Å²) in [7, 11) is 0. The molecule has 110 valence electrons. The van der Waals surface area contributed by atoms with Gasteiger partial charge >= 0.3 is 11.9 Å². The van der Waals surface area contributed by atoms with Crippen molar-refractivity contribution in [2.24, 2.45) is 0 Å². The van der Waals surface area contributed by atoms with Crippen LogP contribution in [0.5, 0.6) is 0 Å². The van der Waals surface area contributed by atoms with Crippen LogP contribution >= 0.6 is 0 Å². The van der Waals surface area contributed by atoms with Gasteiger partial charge in [-0.3, -0.25) is 4.57 Å². The van der Waals surface area contributed by atoms with Crippen molar-refractivity contribution in [2.75, 3.05) is 18.9 Å². The molecule has 0 spiro atoms. The number of hydrogen-bond donors (Lipinski definition) is 1. The average molecular weight is 290 g/mol. The highest BCUT2D eigenvalue weighted by molar-refractivity contribution is 5.76. The average Bonchev–Trinajstić information content (AvgIpc) is 2.63. The quantitative estimate of drug-likeness (QED) is 0.676. The molecule has 2 aromatic rings. The monoisotopic (exact) mass is 290 g/mol. The zero-order chi connectivity index (χ0) is 14.8. The molecule has 1 aromatic carbocycles. The second-order valence-electron chi connectivity index (χ2n) is 4.27. The Morgan fingerprint density at radius 2 is 2.10 bits per heavy atom. The van der Waals surface area contributed by atoms with E-state index in [1.54, 1.807) is 12.1 Å². The minimum absolute atomic E-state index is 0.0897. The van der Waals surface area contributed by atoms with Crippen LogP contribution in [0.15, 0.2) is 27.4 Å². The molecule has 0 aliphatic rings. The van der Waals surface area contributed by atoms with E-state index in [9.17, 15) is 18.0 Å². The van der Waals surface area contributed by atoms with Gasteiger partial charge in [0, 0.05) is 24.9 Å². The number of anilines is 1. The lowest BCUT2D eigenvalue weighted by atomic mass is 10.3. The Labute approximate surface area is 111 Å². The third-order valence-electron chi connectivity index (χ3n) is 2.63. The molecule has 0 aliphatic carbocycles. The van der Waals surface area contributed by atoms with Crippen LogP contribution in [0, 0.1) is 0 Å². The lowest BCUT2D eigenvalue weighted by Crippen LogP contribution is -2.19. The molecule has 0 bridgehead atoms. The Bertz CT molecular complexity index is 645. The van der Waals surface area contributed by atoms with E-state index < -0.39 is 18.5 Å². The number of hydrogen-bond acceptors (Lipinski definition) is 4. The molecule has 0 aliphatic heterocycles. The molecule has 5 nitrogen and oxygen atoms in total. The van der Waals surface area contributed by atoms with Gasteiger partial charge in [-0.05, 0) is 18.6 Å². The molecule has 0 saturated carbocycles. The van der Waals surface area contributed by atoms with E-state index in [-0.39, 0.29) is 19.6 Å². The predicted molar refractivity (Wildman–Crippen MR) is 66.4 cm³/mol. The third-order valence-corrected chi connectivity index (χ3v) is 2.63. The highest BCUT2D eigenvalue weighted by Gasteiger charge is 2.27. The van der Waals surface area contributed by atoms with Gasteiger partial charge in [-0.2, -0.15) is 13.2 Å². The van der Waals surface area contributed by atoms with Gasteiger partial charge in [0.05, 0.1) is 5.52 Å². The number of oxazole rings is 1. The minimum Gasteiger partial charge on any atom is -0.408 e. The van der Waals surface area contributed by atoms with Crippen molar-refractivity contribution in [1.29, 1.82) is 0 Å². The smallest absolute Gasteiger partial charge is 0.408 e. The molecule has 2 rings (SSSR count). The molecule has 0 saturated heterocycles. The molecule has 0 unspecified atom stereocenters. The van der Waals surface area contributed by atoms with E-state index >= 15 is 0 Å². The summed E-state index contributed by atoms with van der Waals surface area (Å²) in [4.78, 5) is 11.6. The SMILES string of the molecule is Nc1ccc2c(c1)oc(=O)n2CCCOCC(F)(F)F. The van der Waals surface area contributed by atoms with Crippen molar-refractivity contribution < 1.29 is 22.3 Å². The van der Waals surface area contributed by atoms with Crippen LogP contribution in [0.4, 0.5) is 18.9 Å². The van der Waals surface area contributed by atoms with Gasteiger partial charge in [0.15, 0.2) is 5.58 Å². The number of rotatable bonds is 5. The summed E-state index contributed by atoms with van der Waals surface area (Å²) >= 11 is 0. The van der Waals surface area contributed by atoms with Crippen LogP contribution in [-0.4, -0.2) is 24.0 Å². The molecular formula is C12H13F3N2O3. The van der Waals surface area contributed by atoms with Gasteiger partial charge in [-0.15, -0.1) is 0 Å². The lowest BCUT2D eigenvalue weighted by Gasteiger charge is -2.07. The summed E-state index contributed by atoms with van der Waals surface area (Å²) in [6.07, 6.45) is -4.06. The molecule has 0 amide bonds. The van der Waals surface area contributed by atoms with Gasteiger partial charge in [-0.1, -0.05) is 0 Å². The van der Waals surface area contributed by atoms with Crippen LogP contribution < -0.4 is 11.5 Å². The molecule has 1 heterocycles. The van der Waals surface area contributed by atoms with Gasteiger partial charge in [0.1, 0.15) is 6.61 Å². The summed E-state index contributed by atoms with van der Waals surface area (Å²) in [5, 5.41) is 0. The maximum absolute atomic E-state index is 11.9. The topological polar surface area (TPSA) is 70.4 Å². The van der Waals surface area contributed by atoms with Crippen molar-refractivity contribution in [3.63, 3.8) is 0 Å². The molecule has 20 heavy (non-hydrogen) atoms. The minimum atomic E-state index is -4.34. The highest BCUT2D eigenvalue weighted by Crippen LogP contribution is 2.17. The maximum Gasteiger partial charge on any atom is 0.419 e. The van der Waals surface area contributed by atoms with Crippen molar-refractivity contribution in [3.8, 4) is 0 Å². The van der Waals surface area contributed by atoms with Gasteiger partial charge < -0.3 is 14.9 Å². The molecule has 0 radical (unpaired) electrons. The summed E-state index contributed by atoms with van der Waals surface area (Å²) < 4.78 is 46.4. The van der Waals surface area contributed by atoms with E-state index in [1.165, 1.54) is 10.6 Å². The van der Waals surface area contributed by atoms with Crippen LogP contribution in [0.3, 0.4) is 0 Å². The second-order valence-corrected chi connectivity index (χ2v) is 4.27. The lowest BCUT2D eigenvalue weighted by molar-refractivity contribution is -0.174. The number of alkyl halides is 3. The zero-order valence-corrected chi connectivity index (χ0v) is 10.4. The Balaban J connectivity index is 1.97. The van der Waals surface area contributed by atoms with E-state index in [4.69, 9.17) is 10.2 Å². The zero-order valence-electron chi connectivity index (χ0n) is 10.4. The normalized spacial score (nSPS) is 12.2. The molecule has 2 N–H and O–H groups in total. The van der Waals surface area contributed by atoms with E-state index in [2.05, 4.69) is 4.74 Å². The molecule has 8 heteroatoms. The fraction of sp³-hybridized carbons (Fsp3) is 0.417. The first-order valence-electron chi connectivity index (χ1n) is 5.90. The number of aryl methyl sites for hydroxylation is 1. The number of nitrogens with zero attached hydrogens (tertiary/aromatic N) is 1. The number of fused-ring (bicyclic) bond motifs is 1. The Morgan fingerprint density at radius 3 is 2.80 bits per heavy atom. The molecule has 0 fully saturated rings. The summed E-state index contributed by atoms with van der Waals surface area (Å²) in [5.74, 6) is -0.568. The van der Waals surface area contributed by atoms with Gasteiger partial charge in [-0.25, -0.2) is 4.79 Å². The van der Waals surface area contributed by atoms with E-state index in [0.717, 1.165) is 0 Å². The number of halogens is 3. The fourth-order valence-corrected chi connectivity index (χ4v) is 1.81. The van der Waals surface area contributed by atoms with Crippen molar-refractivity contribution in [1.82, 2.24) is 4.57 Å². The number of nitrogens with two attached hydrogens (primary N) is 1. The number of nitrogen functional groups attached to an aromatic ring is 1. The van der Waals surface area contributed by atoms with Crippen molar-refractivity contribution in [3.05, 3.63) is 28.7 Å².